The molecule has 0 spiro atoms. The molecule has 70 valence electrons. The summed E-state index contributed by atoms with van der Waals surface area (Å²) in [6.07, 6.45) is 1.16. The number of halogens is 1. The van der Waals surface area contributed by atoms with Crippen molar-refractivity contribution in [3.8, 4) is 11.5 Å². The number of phenolic OH excluding ortho intramolecular Hbond substituents is 1. The zero-order valence-electron chi connectivity index (χ0n) is 7.08. The number of carbonyl (C=O) groups is 1. The van der Waals surface area contributed by atoms with E-state index in [-0.39, 0.29) is 5.75 Å². The lowest BCUT2D eigenvalue weighted by Crippen LogP contribution is -1.91. The number of phenols is 1. The second kappa shape index (κ2) is 4.45. The smallest absolute Gasteiger partial charge is 0.171 e. The SMILES string of the molecule is COc1cc(CC=O)cc(I)c1O. The summed E-state index contributed by atoms with van der Waals surface area (Å²) in [4.78, 5) is 10.3. The van der Waals surface area contributed by atoms with Crippen molar-refractivity contribution in [3.63, 3.8) is 0 Å². The third-order valence-corrected chi connectivity index (χ3v) is 2.45. The first-order chi connectivity index (χ1) is 6.19. The lowest BCUT2D eigenvalue weighted by Gasteiger charge is -2.06. The van der Waals surface area contributed by atoms with Crippen LogP contribution in [0.4, 0.5) is 0 Å². The van der Waals surface area contributed by atoms with Crippen LogP contribution in [0.15, 0.2) is 12.1 Å². The minimum Gasteiger partial charge on any atom is -0.504 e. The Morgan fingerprint density at radius 1 is 1.62 bits per heavy atom. The minimum absolute atomic E-state index is 0.123. The van der Waals surface area contributed by atoms with Gasteiger partial charge in [0.2, 0.25) is 0 Å². The fourth-order valence-corrected chi connectivity index (χ4v) is 1.66. The van der Waals surface area contributed by atoms with Crippen LogP contribution in [0, 0.1) is 3.57 Å². The van der Waals surface area contributed by atoms with E-state index in [0.717, 1.165) is 11.8 Å². The first kappa shape index (κ1) is 10.3. The Kier molecular flexibility index (Phi) is 3.53. The maximum absolute atomic E-state index is 10.3. The Morgan fingerprint density at radius 2 is 2.31 bits per heavy atom. The van der Waals surface area contributed by atoms with E-state index < -0.39 is 0 Å². The van der Waals surface area contributed by atoms with Gasteiger partial charge in [-0.15, -0.1) is 0 Å². The highest BCUT2D eigenvalue weighted by atomic mass is 127. The molecule has 0 saturated carbocycles. The van der Waals surface area contributed by atoms with E-state index in [1.807, 2.05) is 22.6 Å². The summed E-state index contributed by atoms with van der Waals surface area (Å²) in [5.74, 6) is 0.529. The van der Waals surface area contributed by atoms with Gasteiger partial charge >= 0.3 is 0 Å². The van der Waals surface area contributed by atoms with Gasteiger partial charge in [0.25, 0.3) is 0 Å². The van der Waals surface area contributed by atoms with Crippen molar-refractivity contribution in [1.82, 2.24) is 0 Å². The first-order valence-corrected chi connectivity index (χ1v) is 4.76. The van der Waals surface area contributed by atoms with E-state index in [1.165, 1.54) is 7.11 Å². The van der Waals surface area contributed by atoms with Crippen LogP contribution < -0.4 is 4.74 Å². The molecule has 0 aliphatic carbocycles. The summed E-state index contributed by atoms with van der Waals surface area (Å²) >= 11 is 1.99. The van der Waals surface area contributed by atoms with Gasteiger partial charge in [-0.2, -0.15) is 0 Å². The lowest BCUT2D eigenvalue weighted by atomic mass is 10.1. The van der Waals surface area contributed by atoms with E-state index in [4.69, 9.17) is 4.74 Å². The van der Waals surface area contributed by atoms with Crippen molar-refractivity contribution < 1.29 is 14.6 Å². The van der Waals surface area contributed by atoms with Crippen LogP contribution in [0.1, 0.15) is 5.56 Å². The van der Waals surface area contributed by atoms with Crippen LogP contribution in [0.5, 0.6) is 11.5 Å². The monoisotopic (exact) mass is 292 g/mol. The number of aldehydes is 1. The van der Waals surface area contributed by atoms with Crippen molar-refractivity contribution in [1.29, 1.82) is 0 Å². The molecule has 0 unspecified atom stereocenters. The van der Waals surface area contributed by atoms with Crippen molar-refractivity contribution >= 4 is 28.9 Å². The maximum atomic E-state index is 10.3. The summed E-state index contributed by atoms with van der Waals surface area (Å²) in [5.41, 5.74) is 0.842. The molecule has 0 heterocycles. The molecule has 0 bridgehead atoms. The van der Waals surface area contributed by atoms with E-state index in [0.29, 0.717) is 15.7 Å². The van der Waals surface area contributed by atoms with Crippen molar-refractivity contribution in [2.45, 2.75) is 6.42 Å². The van der Waals surface area contributed by atoms with Crippen LogP contribution in [-0.2, 0) is 11.2 Å². The van der Waals surface area contributed by atoms with Crippen LogP contribution in [-0.4, -0.2) is 18.5 Å². The number of ether oxygens (including phenoxy) is 1. The maximum Gasteiger partial charge on any atom is 0.171 e. The summed E-state index contributed by atoms with van der Waals surface area (Å²) in [5, 5.41) is 9.47. The number of hydrogen-bond donors (Lipinski definition) is 1. The van der Waals surface area contributed by atoms with Crippen LogP contribution in [0.25, 0.3) is 0 Å². The summed E-state index contributed by atoms with van der Waals surface area (Å²) in [6, 6.07) is 3.42. The van der Waals surface area contributed by atoms with Gasteiger partial charge in [0.1, 0.15) is 6.29 Å². The molecule has 0 aromatic heterocycles. The molecule has 13 heavy (non-hydrogen) atoms. The molecule has 1 N–H and O–H groups in total. The second-order valence-electron chi connectivity index (χ2n) is 2.50. The van der Waals surface area contributed by atoms with Gasteiger partial charge in [-0.05, 0) is 40.3 Å². The minimum atomic E-state index is 0.123. The lowest BCUT2D eigenvalue weighted by molar-refractivity contribution is -0.107. The second-order valence-corrected chi connectivity index (χ2v) is 3.66. The molecular formula is C9H9IO3. The Hall–Kier alpha value is -0.780. The zero-order chi connectivity index (χ0) is 9.84. The van der Waals surface area contributed by atoms with Gasteiger partial charge in [-0.25, -0.2) is 0 Å². The molecule has 4 heteroatoms. The van der Waals surface area contributed by atoms with Crippen molar-refractivity contribution in [3.05, 3.63) is 21.3 Å². The highest BCUT2D eigenvalue weighted by Crippen LogP contribution is 2.32. The van der Waals surface area contributed by atoms with Gasteiger partial charge in [0.15, 0.2) is 11.5 Å². The molecule has 0 radical (unpaired) electrons. The molecule has 0 fully saturated rings. The molecule has 1 rings (SSSR count). The topological polar surface area (TPSA) is 46.5 Å². The summed E-state index contributed by atoms with van der Waals surface area (Å²) < 4.78 is 5.63. The van der Waals surface area contributed by atoms with E-state index in [2.05, 4.69) is 0 Å². The third-order valence-electron chi connectivity index (χ3n) is 1.63. The number of carbonyl (C=O) groups excluding carboxylic acids is 1. The number of methoxy groups -OCH3 is 1. The van der Waals surface area contributed by atoms with E-state index in [1.54, 1.807) is 12.1 Å². The van der Waals surface area contributed by atoms with Gasteiger partial charge in [-0.3, -0.25) is 0 Å². The zero-order valence-corrected chi connectivity index (χ0v) is 9.24. The Labute approximate surface area is 89.9 Å². The third kappa shape index (κ3) is 2.33. The number of aromatic hydroxyl groups is 1. The van der Waals surface area contributed by atoms with Crippen LogP contribution >= 0.6 is 22.6 Å². The Morgan fingerprint density at radius 3 is 2.85 bits per heavy atom. The number of benzene rings is 1. The number of rotatable bonds is 3. The molecule has 1 aromatic carbocycles. The van der Waals surface area contributed by atoms with Crippen LogP contribution in [0.3, 0.4) is 0 Å². The normalized spacial score (nSPS) is 9.69. The fraction of sp³-hybridized carbons (Fsp3) is 0.222. The predicted octanol–water partition coefficient (Wildman–Crippen LogP) is 1.75. The molecule has 3 nitrogen and oxygen atoms in total. The average Bonchev–Trinajstić information content (AvgIpc) is 2.11. The predicted molar refractivity (Wildman–Crippen MR) is 57.1 cm³/mol. The Balaban J connectivity index is 3.13. The first-order valence-electron chi connectivity index (χ1n) is 3.68. The highest BCUT2D eigenvalue weighted by Gasteiger charge is 2.07. The molecule has 0 atom stereocenters. The molecular weight excluding hydrogens is 283 g/mol. The quantitative estimate of drug-likeness (QED) is 0.682. The highest BCUT2D eigenvalue weighted by molar-refractivity contribution is 14.1. The summed E-state index contributed by atoms with van der Waals surface area (Å²) in [6.45, 7) is 0. The van der Waals surface area contributed by atoms with Gasteiger partial charge < -0.3 is 14.6 Å². The summed E-state index contributed by atoms with van der Waals surface area (Å²) in [7, 11) is 1.48. The largest absolute Gasteiger partial charge is 0.504 e. The van der Waals surface area contributed by atoms with Gasteiger partial charge in [0.05, 0.1) is 10.7 Å². The van der Waals surface area contributed by atoms with Gasteiger partial charge in [0, 0.05) is 6.42 Å². The fourth-order valence-electron chi connectivity index (χ4n) is 0.997. The Bertz CT molecular complexity index is 323. The van der Waals surface area contributed by atoms with Crippen LogP contribution in [0.2, 0.25) is 0 Å². The molecule has 0 amide bonds. The van der Waals surface area contributed by atoms with E-state index >= 15 is 0 Å². The average molecular weight is 292 g/mol. The van der Waals surface area contributed by atoms with Crippen molar-refractivity contribution in [2.24, 2.45) is 0 Å². The standard InChI is InChI=1S/C9H9IO3/c1-13-8-5-6(2-3-11)4-7(10)9(8)12/h3-5,12H,2H2,1H3. The molecule has 0 aliphatic rings. The molecule has 0 aliphatic heterocycles. The molecule has 1 aromatic rings. The molecule has 0 saturated heterocycles. The number of hydrogen-bond acceptors (Lipinski definition) is 3. The van der Waals surface area contributed by atoms with Crippen molar-refractivity contribution in [2.75, 3.05) is 7.11 Å². The van der Waals surface area contributed by atoms with Gasteiger partial charge in [-0.1, -0.05) is 0 Å². The van der Waals surface area contributed by atoms with E-state index in [9.17, 15) is 9.90 Å².